The molecule has 2 aliphatic rings. The second kappa shape index (κ2) is 6.53. The third-order valence-corrected chi connectivity index (χ3v) is 4.27. The summed E-state index contributed by atoms with van der Waals surface area (Å²) >= 11 is 0. The molecule has 0 radical (unpaired) electrons. The van der Waals surface area contributed by atoms with E-state index in [2.05, 4.69) is 24.5 Å². The van der Waals surface area contributed by atoms with Crippen molar-refractivity contribution >= 4 is 6.09 Å². The standard InChI is InChI=1S/C16H30N2O3/c1-6-7-10(2)17-13-12(11-8-9-20-14(11)13)18-15(19)21-16(3,4)5/h10-14,17H,6-9H2,1-5H3,(H,18,19). The maximum absolute atomic E-state index is 12.0. The number of carbonyl (C=O) groups is 1. The molecule has 1 aliphatic carbocycles. The largest absolute Gasteiger partial charge is 0.444 e. The first-order chi connectivity index (χ1) is 9.81. The smallest absolute Gasteiger partial charge is 0.407 e. The summed E-state index contributed by atoms with van der Waals surface area (Å²) in [5, 5.41) is 6.65. The number of hydrogen-bond donors (Lipinski definition) is 2. The molecule has 5 nitrogen and oxygen atoms in total. The van der Waals surface area contributed by atoms with Crippen LogP contribution in [0.2, 0.25) is 0 Å². The summed E-state index contributed by atoms with van der Waals surface area (Å²) in [7, 11) is 0. The van der Waals surface area contributed by atoms with Gasteiger partial charge in [0, 0.05) is 18.6 Å². The van der Waals surface area contributed by atoms with Crippen LogP contribution in [-0.4, -0.2) is 42.5 Å². The number of nitrogens with one attached hydrogen (secondary N) is 2. The zero-order valence-electron chi connectivity index (χ0n) is 13.9. The van der Waals surface area contributed by atoms with Crippen LogP contribution < -0.4 is 10.6 Å². The Morgan fingerprint density at radius 2 is 2.10 bits per heavy atom. The van der Waals surface area contributed by atoms with E-state index in [1.165, 1.54) is 0 Å². The van der Waals surface area contributed by atoms with Gasteiger partial charge in [0.25, 0.3) is 0 Å². The van der Waals surface area contributed by atoms with E-state index in [4.69, 9.17) is 9.47 Å². The first-order valence-electron chi connectivity index (χ1n) is 8.19. The topological polar surface area (TPSA) is 59.6 Å². The zero-order valence-corrected chi connectivity index (χ0v) is 13.9. The van der Waals surface area contributed by atoms with Crippen molar-refractivity contribution in [2.75, 3.05) is 6.61 Å². The summed E-state index contributed by atoms with van der Waals surface area (Å²) in [5.74, 6) is 0.420. The van der Waals surface area contributed by atoms with E-state index in [1.54, 1.807) is 0 Å². The molecular formula is C16H30N2O3. The predicted molar refractivity (Wildman–Crippen MR) is 82.3 cm³/mol. The van der Waals surface area contributed by atoms with Crippen molar-refractivity contribution in [1.82, 2.24) is 10.6 Å². The molecule has 0 aromatic heterocycles. The lowest BCUT2D eigenvalue weighted by atomic mass is 9.71. The lowest BCUT2D eigenvalue weighted by Gasteiger charge is -2.49. The molecule has 5 heteroatoms. The molecule has 2 N–H and O–H groups in total. The van der Waals surface area contributed by atoms with Crippen LogP contribution in [0, 0.1) is 5.92 Å². The van der Waals surface area contributed by atoms with E-state index < -0.39 is 5.60 Å². The van der Waals surface area contributed by atoms with E-state index in [-0.39, 0.29) is 24.3 Å². The van der Waals surface area contributed by atoms with Crippen LogP contribution in [0.5, 0.6) is 0 Å². The molecule has 1 amide bonds. The number of alkyl carbamates (subject to hydrolysis) is 1. The Bertz CT molecular complexity index is 367. The Hall–Kier alpha value is -0.810. The predicted octanol–water partition coefficient (Wildman–Crippen LogP) is 2.45. The van der Waals surface area contributed by atoms with Gasteiger partial charge in [0.05, 0.1) is 18.2 Å². The molecule has 2 rings (SSSR count). The summed E-state index contributed by atoms with van der Waals surface area (Å²) in [6.45, 7) is 10.8. The van der Waals surface area contributed by atoms with E-state index >= 15 is 0 Å². The monoisotopic (exact) mass is 298 g/mol. The molecular weight excluding hydrogens is 268 g/mol. The van der Waals surface area contributed by atoms with Gasteiger partial charge in [-0.3, -0.25) is 0 Å². The normalized spacial score (nSPS) is 33.0. The highest BCUT2D eigenvalue weighted by Crippen LogP contribution is 2.39. The van der Waals surface area contributed by atoms with Crippen molar-refractivity contribution in [2.24, 2.45) is 5.92 Å². The molecule has 0 bridgehead atoms. The molecule has 1 aliphatic heterocycles. The van der Waals surface area contributed by atoms with Gasteiger partial charge < -0.3 is 20.1 Å². The fraction of sp³-hybridized carbons (Fsp3) is 0.938. The van der Waals surface area contributed by atoms with Crippen molar-refractivity contribution in [2.45, 2.75) is 83.7 Å². The summed E-state index contributed by atoms with van der Waals surface area (Å²) < 4.78 is 11.2. The van der Waals surface area contributed by atoms with Crippen LogP contribution in [0.25, 0.3) is 0 Å². The molecule has 1 saturated heterocycles. The maximum Gasteiger partial charge on any atom is 0.407 e. The Morgan fingerprint density at radius 1 is 1.38 bits per heavy atom. The van der Waals surface area contributed by atoms with Crippen LogP contribution >= 0.6 is 0 Å². The average Bonchev–Trinajstić information content (AvgIpc) is 2.76. The Morgan fingerprint density at radius 3 is 2.71 bits per heavy atom. The lowest BCUT2D eigenvalue weighted by molar-refractivity contribution is -0.0373. The highest BCUT2D eigenvalue weighted by molar-refractivity contribution is 5.68. The van der Waals surface area contributed by atoms with Gasteiger partial charge in [-0.1, -0.05) is 13.3 Å². The molecule has 0 aromatic rings. The summed E-state index contributed by atoms with van der Waals surface area (Å²) in [6, 6.07) is 0.756. The Kier molecular flexibility index (Phi) is 5.15. The van der Waals surface area contributed by atoms with Gasteiger partial charge in [-0.15, -0.1) is 0 Å². The van der Waals surface area contributed by atoms with E-state index in [0.717, 1.165) is 25.9 Å². The summed E-state index contributed by atoms with van der Waals surface area (Å²) in [4.78, 5) is 12.0. The fourth-order valence-corrected chi connectivity index (χ4v) is 3.39. The van der Waals surface area contributed by atoms with Gasteiger partial charge in [-0.2, -0.15) is 0 Å². The maximum atomic E-state index is 12.0. The first kappa shape index (κ1) is 16.6. The highest BCUT2D eigenvalue weighted by atomic mass is 16.6. The van der Waals surface area contributed by atoms with Gasteiger partial charge in [-0.25, -0.2) is 4.79 Å². The minimum Gasteiger partial charge on any atom is -0.444 e. The van der Waals surface area contributed by atoms with Gasteiger partial charge in [0.1, 0.15) is 5.60 Å². The molecule has 0 aromatic carbocycles. The molecule has 5 unspecified atom stereocenters. The van der Waals surface area contributed by atoms with Crippen LogP contribution in [-0.2, 0) is 9.47 Å². The fourth-order valence-electron chi connectivity index (χ4n) is 3.39. The van der Waals surface area contributed by atoms with E-state index in [0.29, 0.717) is 12.0 Å². The first-order valence-corrected chi connectivity index (χ1v) is 8.19. The van der Waals surface area contributed by atoms with Crippen LogP contribution in [0.1, 0.15) is 53.9 Å². The third kappa shape index (κ3) is 4.10. The summed E-state index contributed by atoms with van der Waals surface area (Å²) in [6.07, 6.45) is 3.22. The van der Waals surface area contributed by atoms with Crippen LogP contribution in [0.4, 0.5) is 4.79 Å². The van der Waals surface area contributed by atoms with Crippen LogP contribution in [0.3, 0.4) is 0 Å². The third-order valence-electron chi connectivity index (χ3n) is 4.27. The second-order valence-electron chi connectivity index (χ2n) is 7.34. The average molecular weight is 298 g/mol. The van der Waals surface area contributed by atoms with Crippen LogP contribution in [0.15, 0.2) is 0 Å². The van der Waals surface area contributed by atoms with Crippen molar-refractivity contribution < 1.29 is 14.3 Å². The Labute approximate surface area is 128 Å². The molecule has 1 heterocycles. The van der Waals surface area contributed by atoms with Crippen molar-refractivity contribution in [1.29, 1.82) is 0 Å². The lowest BCUT2D eigenvalue weighted by Crippen LogP contribution is -2.71. The molecule has 122 valence electrons. The number of rotatable bonds is 5. The van der Waals surface area contributed by atoms with E-state index in [9.17, 15) is 4.79 Å². The van der Waals surface area contributed by atoms with Crippen molar-refractivity contribution in [3.63, 3.8) is 0 Å². The summed E-state index contributed by atoms with van der Waals surface area (Å²) in [5.41, 5.74) is -0.460. The molecule has 21 heavy (non-hydrogen) atoms. The minimum absolute atomic E-state index is 0.117. The SMILES string of the molecule is CCCC(C)NC1C(NC(=O)OC(C)(C)C)C2CCOC21. The molecule has 0 spiro atoms. The van der Waals surface area contributed by atoms with Gasteiger partial charge in [-0.05, 0) is 40.5 Å². The number of fused-ring (bicyclic) bond motifs is 1. The molecule has 5 atom stereocenters. The Balaban J connectivity index is 1.91. The van der Waals surface area contributed by atoms with Gasteiger partial charge in [0.2, 0.25) is 0 Å². The number of ether oxygens (including phenoxy) is 2. The molecule has 2 fully saturated rings. The number of hydrogen-bond acceptors (Lipinski definition) is 4. The number of carbonyl (C=O) groups excluding carboxylic acids is 1. The molecule has 1 saturated carbocycles. The van der Waals surface area contributed by atoms with Crippen molar-refractivity contribution in [3.05, 3.63) is 0 Å². The van der Waals surface area contributed by atoms with Gasteiger partial charge in [0.15, 0.2) is 0 Å². The second-order valence-corrected chi connectivity index (χ2v) is 7.34. The highest BCUT2D eigenvalue weighted by Gasteiger charge is 2.54. The van der Waals surface area contributed by atoms with E-state index in [1.807, 2.05) is 20.8 Å². The quantitative estimate of drug-likeness (QED) is 0.818. The zero-order chi connectivity index (χ0) is 15.6. The minimum atomic E-state index is -0.460. The van der Waals surface area contributed by atoms with Gasteiger partial charge >= 0.3 is 6.09 Å². The van der Waals surface area contributed by atoms with Crippen molar-refractivity contribution in [3.8, 4) is 0 Å². The number of amides is 1.